The summed E-state index contributed by atoms with van der Waals surface area (Å²) >= 11 is 0. The van der Waals surface area contributed by atoms with Crippen LogP contribution in [0.3, 0.4) is 0 Å². The quantitative estimate of drug-likeness (QED) is 0.147. The minimum Gasteiger partial charge on any atom is -0.309 e. The van der Waals surface area contributed by atoms with Crippen LogP contribution in [0.5, 0.6) is 0 Å². The van der Waals surface area contributed by atoms with Crippen molar-refractivity contribution < 1.29 is 0 Å². The summed E-state index contributed by atoms with van der Waals surface area (Å²) in [6.07, 6.45) is 0. The van der Waals surface area contributed by atoms with Gasteiger partial charge in [-0.2, -0.15) is 0 Å². The van der Waals surface area contributed by atoms with Crippen molar-refractivity contribution in [2.75, 3.05) is 4.90 Å². The molecule has 1 heteroatoms. The Balaban J connectivity index is 1.09. The molecule has 2 aliphatic carbocycles. The van der Waals surface area contributed by atoms with Crippen LogP contribution >= 0.6 is 0 Å². The molecule has 0 aliphatic heterocycles. The summed E-state index contributed by atoms with van der Waals surface area (Å²) in [5.41, 5.74) is 22.9. The maximum Gasteiger partial charge on any atom is 0.0714 e. The molecule has 2 aliphatic rings. The molecule has 0 bridgehead atoms. The highest BCUT2D eigenvalue weighted by Gasteiger charge is 2.47. The molecule has 0 amide bonds. The number of para-hydroxylation sites is 1. The van der Waals surface area contributed by atoms with Crippen molar-refractivity contribution in [1.29, 1.82) is 0 Å². The highest BCUT2D eigenvalue weighted by Crippen LogP contribution is 2.60. The van der Waals surface area contributed by atoms with Gasteiger partial charge in [-0.05, 0) is 108 Å². The number of hydrogen-bond donors (Lipinski definition) is 0. The van der Waals surface area contributed by atoms with Crippen molar-refractivity contribution in [3.8, 4) is 55.6 Å². The van der Waals surface area contributed by atoms with E-state index in [2.05, 4.69) is 267 Å². The van der Waals surface area contributed by atoms with Crippen LogP contribution in [0, 0.1) is 0 Å². The Bertz CT molecular complexity index is 3340. The van der Waals surface area contributed by atoms with Crippen molar-refractivity contribution in [1.82, 2.24) is 0 Å². The fraction of sp³-hybridized carbons (Fsp3) is 0.0625. The zero-order chi connectivity index (χ0) is 43.5. The van der Waals surface area contributed by atoms with E-state index in [9.17, 15) is 0 Å². The predicted octanol–water partition coefficient (Wildman–Crippen LogP) is 16.8. The Morgan fingerprint density at radius 3 is 1.48 bits per heavy atom. The molecule has 0 spiro atoms. The van der Waals surface area contributed by atoms with Crippen LogP contribution in [0.4, 0.5) is 17.1 Å². The van der Waals surface area contributed by atoms with Crippen molar-refractivity contribution in [2.24, 2.45) is 0 Å². The first-order valence-electron chi connectivity index (χ1n) is 22.8. The van der Waals surface area contributed by atoms with E-state index in [1.54, 1.807) is 0 Å². The Hall–Kier alpha value is -8.00. The largest absolute Gasteiger partial charge is 0.309 e. The normalized spacial score (nSPS) is 13.6. The Labute approximate surface area is 382 Å². The van der Waals surface area contributed by atoms with Gasteiger partial charge in [0, 0.05) is 22.2 Å². The summed E-state index contributed by atoms with van der Waals surface area (Å²) in [6.45, 7) is 4.72. The van der Waals surface area contributed by atoms with E-state index in [-0.39, 0.29) is 5.41 Å². The molecule has 0 saturated heterocycles. The first-order valence-corrected chi connectivity index (χ1v) is 22.8. The lowest BCUT2D eigenvalue weighted by molar-refractivity contribution is 0.660. The van der Waals surface area contributed by atoms with E-state index in [4.69, 9.17) is 0 Å². The molecule has 10 aromatic rings. The molecule has 0 saturated carbocycles. The summed E-state index contributed by atoms with van der Waals surface area (Å²) in [5.74, 6) is 0. The van der Waals surface area contributed by atoms with Crippen molar-refractivity contribution in [3.05, 3.63) is 282 Å². The molecule has 1 nitrogen and oxygen atoms in total. The van der Waals surface area contributed by atoms with Gasteiger partial charge in [0.1, 0.15) is 0 Å². The fourth-order valence-corrected chi connectivity index (χ4v) is 11.2. The summed E-state index contributed by atoms with van der Waals surface area (Å²) in [5, 5.41) is 0. The van der Waals surface area contributed by atoms with Crippen LogP contribution in [-0.2, 0) is 10.8 Å². The van der Waals surface area contributed by atoms with Crippen LogP contribution in [0.2, 0.25) is 0 Å². The van der Waals surface area contributed by atoms with Gasteiger partial charge in [-0.25, -0.2) is 0 Å². The topological polar surface area (TPSA) is 3.24 Å². The van der Waals surface area contributed by atoms with Gasteiger partial charge in [0.2, 0.25) is 0 Å². The van der Waals surface area contributed by atoms with E-state index in [0.717, 1.165) is 22.6 Å². The number of rotatable bonds is 8. The average Bonchev–Trinajstić information content (AvgIpc) is 3.81. The minimum atomic E-state index is -0.527. The van der Waals surface area contributed by atoms with Gasteiger partial charge in [-0.1, -0.05) is 232 Å². The molecule has 0 heterocycles. The molecular formula is C64H47N. The van der Waals surface area contributed by atoms with E-state index >= 15 is 0 Å². The first-order chi connectivity index (χ1) is 32.0. The van der Waals surface area contributed by atoms with Crippen LogP contribution in [0.25, 0.3) is 55.6 Å². The van der Waals surface area contributed by atoms with Gasteiger partial charge in [0.25, 0.3) is 0 Å². The second-order valence-corrected chi connectivity index (χ2v) is 18.0. The maximum atomic E-state index is 2.52. The molecular weight excluding hydrogens is 783 g/mol. The lowest BCUT2D eigenvalue weighted by Crippen LogP contribution is -2.28. The number of anilines is 3. The smallest absolute Gasteiger partial charge is 0.0714 e. The highest BCUT2D eigenvalue weighted by atomic mass is 15.1. The summed E-state index contributed by atoms with van der Waals surface area (Å²) in [4.78, 5) is 2.52. The second kappa shape index (κ2) is 15.4. The zero-order valence-corrected chi connectivity index (χ0v) is 36.6. The molecule has 12 rings (SSSR count). The van der Waals surface area contributed by atoms with E-state index in [1.165, 1.54) is 83.5 Å². The minimum absolute atomic E-state index is 0.0723. The molecule has 10 aromatic carbocycles. The SMILES string of the molecule is CC1(C)c2ccccc2-c2ccc(-c3ccc(N(c4ccccc4-c4ccccc4-c4ccccc4)c4cccc5c4-c4ccccc4C5(c4ccccc4)c4ccccc4)cc3)cc21. The van der Waals surface area contributed by atoms with Gasteiger partial charge in [0.05, 0.1) is 16.8 Å². The van der Waals surface area contributed by atoms with Crippen molar-refractivity contribution in [3.63, 3.8) is 0 Å². The standard InChI is InChI=1S/C64H47N/c1-63(2)56-32-17-14-29-52(56)53-42-39-46(43-59(53)63)44-37-40-49(41-38-44)65(60-35-19-16-30-54(60)51-28-13-12-27-50(51)45-21-6-3-7-22-45)61-36-20-34-58-62(61)55-31-15-18-33-57(55)64(58,47-23-8-4-9-24-47)48-25-10-5-11-26-48/h3-43H,1-2H3. The molecule has 0 atom stereocenters. The zero-order valence-electron chi connectivity index (χ0n) is 36.6. The molecule has 0 fully saturated rings. The number of nitrogens with zero attached hydrogens (tertiary/aromatic N) is 1. The lowest BCUT2D eigenvalue weighted by atomic mass is 9.68. The summed E-state index contributed by atoms with van der Waals surface area (Å²) in [6, 6.07) is 92.0. The second-order valence-electron chi connectivity index (χ2n) is 18.0. The van der Waals surface area contributed by atoms with Crippen LogP contribution in [0.15, 0.2) is 249 Å². The van der Waals surface area contributed by atoms with E-state index < -0.39 is 5.41 Å². The number of benzene rings is 10. The monoisotopic (exact) mass is 829 g/mol. The third-order valence-electron chi connectivity index (χ3n) is 14.2. The molecule has 0 N–H and O–H groups in total. The van der Waals surface area contributed by atoms with Gasteiger partial charge >= 0.3 is 0 Å². The molecule has 308 valence electrons. The average molecular weight is 830 g/mol. The predicted molar refractivity (Wildman–Crippen MR) is 272 cm³/mol. The Kier molecular flexibility index (Phi) is 9.14. The summed E-state index contributed by atoms with van der Waals surface area (Å²) in [7, 11) is 0. The van der Waals surface area contributed by atoms with Crippen LogP contribution in [-0.4, -0.2) is 0 Å². The summed E-state index contributed by atoms with van der Waals surface area (Å²) < 4.78 is 0. The lowest BCUT2D eigenvalue weighted by Gasteiger charge is -2.34. The molecule has 0 radical (unpaired) electrons. The van der Waals surface area contributed by atoms with Gasteiger partial charge in [0.15, 0.2) is 0 Å². The molecule has 0 unspecified atom stereocenters. The maximum absolute atomic E-state index is 2.52. The van der Waals surface area contributed by atoms with Gasteiger partial charge in [-0.15, -0.1) is 0 Å². The van der Waals surface area contributed by atoms with E-state index in [0.29, 0.717) is 0 Å². The third-order valence-corrected chi connectivity index (χ3v) is 14.2. The Morgan fingerprint density at radius 2 is 0.785 bits per heavy atom. The van der Waals surface area contributed by atoms with Crippen molar-refractivity contribution >= 4 is 17.1 Å². The highest BCUT2D eigenvalue weighted by molar-refractivity contribution is 6.01. The van der Waals surface area contributed by atoms with E-state index in [1.807, 2.05) is 0 Å². The van der Waals surface area contributed by atoms with Gasteiger partial charge in [-0.3, -0.25) is 0 Å². The van der Waals surface area contributed by atoms with Gasteiger partial charge < -0.3 is 4.90 Å². The number of hydrogen-bond acceptors (Lipinski definition) is 1. The first kappa shape index (κ1) is 38.7. The van der Waals surface area contributed by atoms with Crippen molar-refractivity contribution in [2.45, 2.75) is 24.7 Å². The van der Waals surface area contributed by atoms with Crippen LogP contribution < -0.4 is 4.90 Å². The third kappa shape index (κ3) is 6.00. The number of fused-ring (bicyclic) bond motifs is 6. The Morgan fingerprint density at radius 1 is 0.292 bits per heavy atom. The van der Waals surface area contributed by atoms with Crippen LogP contribution in [0.1, 0.15) is 47.2 Å². The molecule has 65 heavy (non-hydrogen) atoms. The molecule has 0 aromatic heterocycles. The fourth-order valence-electron chi connectivity index (χ4n) is 11.2.